The zero-order chi connectivity index (χ0) is 21.5. The lowest BCUT2D eigenvalue weighted by atomic mass is 10.2. The predicted molar refractivity (Wildman–Crippen MR) is 120 cm³/mol. The van der Waals surface area contributed by atoms with Crippen LogP contribution < -0.4 is 15.4 Å². The van der Waals surface area contributed by atoms with E-state index in [0.29, 0.717) is 29.0 Å². The number of amides is 1. The minimum atomic E-state index is -0.415. The summed E-state index contributed by atoms with van der Waals surface area (Å²) in [5, 5.41) is 6.20. The number of carbonyl (C=O) groups is 1. The van der Waals surface area contributed by atoms with Gasteiger partial charge in [-0.1, -0.05) is 41.9 Å². The summed E-state index contributed by atoms with van der Waals surface area (Å²) in [4.78, 5) is 25.1. The third-order valence-corrected chi connectivity index (χ3v) is 4.59. The summed E-state index contributed by atoms with van der Waals surface area (Å²) < 4.78 is 5.81. The van der Waals surface area contributed by atoms with Crippen LogP contribution in [0.2, 0.25) is 5.02 Å². The molecule has 8 heteroatoms. The summed E-state index contributed by atoms with van der Waals surface area (Å²) in [5.41, 5.74) is 2.43. The maximum absolute atomic E-state index is 12.7. The van der Waals surface area contributed by atoms with Crippen molar-refractivity contribution < 1.29 is 9.53 Å². The van der Waals surface area contributed by atoms with Crippen molar-refractivity contribution in [1.29, 1.82) is 0 Å². The molecule has 0 fully saturated rings. The van der Waals surface area contributed by atoms with E-state index < -0.39 is 5.91 Å². The van der Waals surface area contributed by atoms with Gasteiger partial charge in [0, 0.05) is 30.3 Å². The van der Waals surface area contributed by atoms with E-state index in [4.69, 9.17) is 16.3 Å². The molecule has 31 heavy (non-hydrogen) atoms. The lowest BCUT2D eigenvalue weighted by molar-refractivity contribution is 0.102. The molecule has 7 nitrogen and oxygen atoms in total. The van der Waals surface area contributed by atoms with Gasteiger partial charge in [0.1, 0.15) is 18.1 Å². The van der Waals surface area contributed by atoms with Crippen molar-refractivity contribution in [3.05, 3.63) is 102 Å². The Balaban J connectivity index is 1.45. The number of pyridine rings is 1. The van der Waals surface area contributed by atoms with Gasteiger partial charge in [0.05, 0.1) is 10.7 Å². The van der Waals surface area contributed by atoms with Gasteiger partial charge in [-0.15, -0.1) is 0 Å². The normalized spacial score (nSPS) is 10.4. The van der Waals surface area contributed by atoms with E-state index >= 15 is 0 Å². The number of aromatic nitrogens is 3. The van der Waals surface area contributed by atoms with Gasteiger partial charge in [0.25, 0.3) is 5.91 Å². The maximum Gasteiger partial charge on any atom is 0.274 e. The van der Waals surface area contributed by atoms with Gasteiger partial charge < -0.3 is 15.4 Å². The first-order valence-corrected chi connectivity index (χ1v) is 9.83. The Bertz CT molecular complexity index is 1170. The number of anilines is 3. The van der Waals surface area contributed by atoms with Crippen molar-refractivity contribution in [2.24, 2.45) is 0 Å². The molecule has 0 aliphatic rings. The van der Waals surface area contributed by atoms with Crippen LogP contribution in [0, 0.1) is 0 Å². The van der Waals surface area contributed by atoms with Crippen LogP contribution in [0.5, 0.6) is 5.75 Å². The number of rotatable bonds is 7. The largest absolute Gasteiger partial charge is 0.489 e. The van der Waals surface area contributed by atoms with Crippen LogP contribution in [0.15, 0.2) is 85.3 Å². The Morgan fingerprint density at radius 2 is 1.77 bits per heavy atom. The summed E-state index contributed by atoms with van der Waals surface area (Å²) in [5.74, 6) is 0.471. The molecule has 4 rings (SSSR count). The average molecular weight is 432 g/mol. The molecule has 0 atom stereocenters. The summed E-state index contributed by atoms with van der Waals surface area (Å²) in [6.07, 6.45) is 4.80. The molecule has 154 valence electrons. The van der Waals surface area contributed by atoms with Crippen molar-refractivity contribution in [2.75, 3.05) is 10.6 Å². The topological polar surface area (TPSA) is 89.0 Å². The van der Waals surface area contributed by atoms with E-state index in [-0.39, 0.29) is 5.69 Å². The molecule has 0 radical (unpaired) electrons. The molecule has 0 saturated carbocycles. The molecule has 0 unspecified atom stereocenters. The van der Waals surface area contributed by atoms with Gasteiger partial charge in [-0.25, -0.2) is 9.97 Å². The quantitative estimate of drug-likeness (QED) is 0.423. The molecule has 0 aliphatic carbocycles. The van der Waals surface area contributed by atoms with E-state index in [1.165, 1.54) is 12.3 Å². The number of nitrogens with one attached hydrogen (secondary N) is 2. The fourth-order valence-electron chi connectivity index (χ4n) is 2.73. The first kappa shape index (κ1) is 20.3. The average Bonchev–Trinajstić information content (AvgIpc) is 2.81. The lowest BCUT2D eigenvalue weighted by Crippen LogP contribution is -2.15. The van der Waals surface area contributed by atoms with Gasteiger partial charge in [-0.3, -0.25) is 9.78 Å². The van der Waals surface area contributed by atoms with Crippen LogP contribution in [0.25, 0.3) is 0 Å². The molecule has 2 aromatic heterocycles. The van der Waals surface area contributed by atoms with Crippen molar-refractivity contribution >= 4 is 34.8 Å². The first-order valence-electron chi connectivity index (χ1n) is 9.45. The Kier molecular flexibility index (Phi) is 6.35. The van der Waals surface area contributed by atoms with Crippen LogP contribution >= 0.6 is 11.6 Å². The third-order valence-electron chi connectivity index (χ3n) is 4.26. The van der Waals surface area contributed by atoms with E-state index in [1.54, 1.807) is 42.7 Å². The highest BCUT2D eigenvalue weighted by molar-refractivity contribution is 6.34. The molecule has 2 aromatic carbocycles. The second kappa shape index (κ2) is 9.69. The second-order valence-electron chi connectivity index (χ2n) is 6.50. The summed E-state index contributed by atoms with van der Waals surface area (Å²) in [6.45, 7) is 0.409. The number of carbonyl (C=O) groups excluding carboxylic acids is 1. The van der Waals surface area contributed by atoms with Crippen molar-refractivity contribution in [2.45, 2.75) is 6.61 Å². The highest BCUT2D eigenvalue weighted by Gasteiger charge is 2.12. The fourth-order valence-corrected chi connectivity index (χ4v) is 2.89. The number of hydrogen-bond acceptors (Lipinski definition) is 6. The zero-order valence-electron chi connectivity index (χ0n) is 16.3. The first-order chi connectivity index (χ1) is 15.2. The minimum Gasteiger partial charge on any atom is -0.489 e. The molecule has 4 aromatic rings. The summed E-state index contributed by atoms with van der Waals surface area (Å²) in [7, 11) is 0. The summed E-state index contributed by atoms with van der Waals surface area (Å²) in [6, 6.07) is 20.0. The highest BCUT2D eigenvalue weighted by atomic mass is 35.5. The van der Waals surface area contributed by atoms with Crippen LogP contribution in [0.1, 0.15) is 16.1 Å². The van der Waals surface area contributed by atoms with E-state index in [2.05, 4.69) is 25.6 Å². The van der Waals surface area contributed by atoms with Crippen LogP contribution in [-0.2, 0) is 6.61 Å². The van der Waals surface area contributed by atoms with Crippen LogP contribution in [0.4, 0.5) is 17.3 Å². The fraction of sp³-hybridized carbons (Fsp3) is 0.0435. The van der Waals surface area contributed by atoms with Crippen molar-refractivity contribution in [3.8, 4) is 5.75 Å². The predicted octanol–water partition coefficient (Wildman–Crippen LogP) is 5.10. The molecule has 0 spiro atoms. The molecule has 0 bridgehead atoms. The number of nitrogens with zero attached hydrogens (tertiary/aromatic N) is 3. The van der Waals surface area contributed by atoms with Crippen LogP contribution in [0.3, 0.4) is 0 Å². The van der Waals surface area contributed by atoms with Gasteiger partial charge in [-0.05, 0) is 35.9 Å². The Morgan fingerprint density at radius 1 is 0.968 bits per heavy atom. The Morgan fingerprint density at radius 3 is 2.58 bits per heavy atom. The smallest absolute Gasteiger partial charge is 0.274 e. The Hall–Kier alpha value is -3.97. The molecule has 2 N–H and O–H groups in total. The molecule has 1 amide bonds. The maximum atomic E-state index is 12.7. The standard InChI is InChI=1S/C23H18ClN5O2/c24-19-7-6-18(31-15-16-4-2-1-3-5-16)14-21(19)28-22(30)20-10-13-26-23(29-20)27-17-8-11-25-12-9-17/h1-14H,15H2,(H,28,30)(H,25,26,27,29). The van der Waals surface area contributed by atoms with Crippen molar-refractivity contribution in [1.82, 2.24) is 15.0 Å². The lowest BCUT2D eigenvalue weighted by Gasteiger charge is -2.11. The summed E-state index contributed by atoms with van der Waals surface area (Å²) >= 11 is 6.26. The van der Waals surface area contributed by atoms with Crippen LogP contribution in [-0.4, -0.2) is 20.9 Å². The second-order valence-corrected chi connectivity index (χ2v) is 6.90. The number of ether oxygens (including phenoxy) is 1. The highest BCUT2D eigenvalue weighted by Crippen LogP contribution is 2.28. The van der Waals surface area contributed by atoms with Gasteiger partial charge in [0.15, 0.2) is 0 Å². The molecule has 0 aliphatic heterocycles. The molecule has 0 saturated heterocycles. The third kappa shape index (κ3) is 5.55. The molecular weight excluding hydrogens is 414 g/mol. The zero-order valence-corrected chi connectivity index (χ0v) is 17.1. The molecular formula is C23H18ClN5O2. The molecule has 2 heterocycles. The van der Waals surface area contributed by atoms with Gasteiger partial charge in [-0.2, -0.15) is 0 Å². The van der Waals surface area contributed by atoms with E-state index in [0.717, 1.165) is 11.3 Å². The number of hydrogen-bond donors (Lipinski definition) is 2. The van der Waals surface area contributed by atoms with Gasteiger partial charge in [0.2, 0.25) is 5.95 Å². The SMILES string of the molecule is O=C(Nc1cc(OCc2ccccc2)ccc1Cl)c1ccnc(Nc2ccncc2)n1. The van der Waals surface area contributed by atoms with E-state index in [1.807, 2.05) is 30.3 Å². The number of benzene rings is 2. The van der Waals surface area contributed by atoms with Crippen molar-refractivity contribution in [3.63, 3.8) is 0 Å². The number of halogens is 1. The van der Waals surface area contributed by atoms with E-state index in [9.17, 15) is 4.79 Å². The monoisotopic (exact) mass is 431 g/mol. The Labute approximate surface area is 184 Å². The van der Waals surface area contributed by atoms with Gasteiger partial charge >= 0.3 is 0 Å². The minimum absolute atomic E-state index is 0.193.